The van der Waals surface area contributed by atoms with E-state index in [1.54, 1.807) is 0 Å². The molecule has 0 saturated heterocycles. The third-order valence-electron chi connectivity index (χ3n) is 4.43. The topological polar surface area (TPSA) is 76.9 Å². The lowest BCUT2D eigenvalue weighted by Crippen LogP contribution is -2.31. The normalized spacial score (nSPS) is 15.8. The average molecular weight is 411 g/mol. The van der Waals surface area contributed by atoms with Gasteiger partial charge in [-0.15, -0.1) is 22.0 Å². The van der Waals surface area contributed by atoms with E-state index in [0.29, 0.717) is 22.9 Å². The van der Waals surface area contributed by atoms with Gasteiger partial charge in [0.1, 0.15) is 5.82 Å². The minimum atomic E-state index is -0.262. The number of nitrogens with zero attached hydrogens (tertiary/aromatic N) is 3. The number of Topliss-reactive ketones (excluding diaryl/α,β-unsaturated/α-hetero) is 1. The first-order chi connectivity index (χ1) is 13.6. The van der Waals surface area contributed by atoms with E-state index < -0.39 is 0 Å². The SMILES string of the molecule is Cn1c(C[C@H]2Sc3ccccc3NC2=O)nnc1SCC(=O)c1ccccc1. The number of carbonyl (C=O) groups excluding carboxylic acids is 2. The Morgan fingerprint density at radius 1 is 1.14 bits per heavy atom. The van der Waals surface area contributed by atoms with Crippen LogP contribution in [0.25, 0.3) is 0 Å². The molecule has 1 amide bonds. The van der Waals surface area contributed by atoms with Crippen molar-refractivity contribution in [3.63, 3.8) is 0 Å². The maximum absolute atomic E-state index is 12.4. The van der Waals surface area contributed by atoms with Crippen molar-refractivity contribution in [3.05, 3.63) is 66.0 Å². The van der Waals surface area contributed by atoms with Crippen LogP contribution in [0.15, 0.2) is 64.6 Å². The molecule has 2 aromatic carbocycles. The number of amides is 1. The van der Waals surface area contributed by atoms with Gasteiger partial charge in [0, 0.05) is 23.9 Å². The Morgan fingerprint density at radius 3 is 2.71 bits per heavy atom. The zero-order chi connectivity index (χ0) is 19.5. The molecule has 1 aromatic heterocycles. The second-order valence-corrected chi connectivity index (χ2v) is 8.52. The summed E-state index contributed by atoms with van der Waals surface area (Å²) in [5.41, 5.74) is 1.54. The second kappa shape index (κ2) is 8.20. The third-order valence-corrected chi connectivity index (χ3v) is 6.72. The van der Waals surface area contributed by atoms with Gasteiger partial charge in [0.05, 0.1) is 16.7 Å². The number of hydrogen-bond donors (Lipinski definition) is 1. The molecule has 0 radical (unpaired) electrons. The first kappa shape index (κ1) is 18.8. The van der Waals surface area contributed by atoms with Gasteiger partial charge in [-0.2, -0.15) is 0 Å². The maximum Gasteiger partial charge on any atom is 0.238 e. The Balaban J connectivity index is 1.41. The molecule has 1 aliphatic rings. The van der Waals surface area contributed by atoms with Crippen LogP contribution in [0.2, 0.25) is 0 Å². The lowest BCUT2D eigenvalue weighted by atomic mass is 10.2. The summed E-state index contributed by atoms with van der Waals surface area (Å²) in [4.78, 5) is 25.7. The molecule has 0 saturated carbocycles. The fraction of sp³-hybridized carbons (Fsp3) is 0.200. The molecular formula is C20H18N4O2S2. The molecule has 1 aliphatic heterocycles. The Labute approximate surface area is 171 Å². The van der Waals surface area contributed by atoms with E-state index in [-0.39, 0.29) is 16.9 Å². The first-order valence-corrected chi connectivity index (χ1v) is 10.6. The summed E-state index contributed by atoms with van der Waals surface area (Å²) in [6, 6.07) is 17.0. The van der Waals surface area contributed by atoms with Gasteiger partial charge in [-0.25, -0.2) is 0 Å². The molecule has 1 N–H and O–H groups in total. The van der Waals surface area contributed by atoms with Crippen molar-refractivity contribution < 1.29 is 9.59 Å². The highest BCUT2D eigenvalue weighted by molar-refractivity contribution is 8.01. The van der Waals surface area contributed by atoms with Gasteiger partial charge in [0.2, 0.25) is 5.91 Å². The first-order valence-electron chi connectivity index (χ1n) is 8.77. The Hall–Kier alpha value is -2.58. The molecule has 2 heterocycles. The molecule has 4 rings (SSSR count). The van der Waals surface area contributed by atoms with E-state index in [1.165, 1.54) is 23.5 Å². The molecule has 0 bridgehead atoms. The fourth-order valence-electron chi connectivity index (χ4n) is 2.88. The van der Waals surface area contributed by atoms with Crippen molar-refractivity contribution in [1.82, 2.24) is 14.8 Å². The average Bonchev–Trinajstić information content (AvgIpc) is 3.07. The number of nitrogens with one attached hydrogen (secondary N) is 1. The number of thioether (sulfide) groups is 2. The highest BCUT2D eigenvalue weighted by Gasteiger charge is 2.28. The second-order valence-electron chi connectivity index (χ2n) is 6.33. The Kier molecular flexibility index (Phi) is 5.50. The van der Waals surface area contributed by atoms with Crippen LogP contribution in [0.3, 0.4) is 0 Å². The lowest BCUT2D eigenvalue weighted by Gasteiger charge is -2.23. The van der Waals surface area contributed by atoms with Gasteiger partial charge < -0.3 is 9.88 Å². The van der Waals surface area contributed by atoms with Crippen LogP contribution in [-0.2, 0) is 18.3 Å². The smallest absolute Gasteiger partial charge is 0.238 e. The van der Waals surface area contributed by atoms with E-state index >= 15 is 0 Å². The Morgan fingerprint density at radius 2 is 1.89 bits per heavy atom. The van der Waals surface area contributed by atoms with Crippen LogP contribution in [-0.4, -0.2) is 37.5 Å². The molecular weight excluding hydrogens is 392 g/mol. The molecule has 0 spiro atoms. The van der Waals surface area contributed by atoms with Crippen LogP contribution >= 0.6 is 23.5 Å². The van der Waals surface area contributed by atoms with E-state index in [9.17, 15) is 9.59 Å². The zero-order valence-electron chi connectivity index (χ0n) is 15.2. The standard InChI is InChI=1S/C20H18N4O2S2/c1-24-18(11-17-19(26)21-14-9-5-6-10-16(14)28-17)22-23-20(24)27-12-15(25)13-7-3-2-4-8-13/h2-10,17H,11-12H2,1H3,(H,21,26)/t17-/m1/s1. The minimum absolute atomic E-state index is 0.0276. The highest BCUT2D eigenvalue weighted by atomic mass is 32.2. The predicted octanol–water partition coefficient (Wildman–Crippen LogP) is 3.45. The summed E-state index contributed by atoms with van der Waals surface area (Å²) in [7, 11) is 1.87. The molecule has 28 heavy (non-hydrogen) atoms. The van der Waals surface area contributed by atoms with E-state index in [0.717, 1.165) is 16.4 Å². The van der Waals surface area contributed by atoms with Crippen LogP contribution in [0.5, 0.6) is 0 Å². The molecule has 0 unspecified atom stereocenters. The number of aromatic nitrogens is 3. The van der Waals surface area contributed by atoms with Gasteiger partial charge in [-0.3, -0.25) is 9.59 Å². The van der Waals surface area contributed by atoms with Crippen molar-refractivity contribution >= 4 is 40.9 Å². The highest BCUT2D eigenvalue weighted by Crippen LogP contribution is 2.36. The number of anilines is 1. The van der Waals surface area contributed by atoms with E-state index in [2.05, 4.69) is 15.5 Å². The Bertz CT molecular complexity index is 1020. The van der Waals surface area contributed by atoms with Gasteiger partial charge >= 0.3 is 0 Å². The fourth-order valence-corrected chi connectivity index (χ4v) is 4.81. The minimum Gasteiger partial charge on any atom is -0.324 e. The number of benzene rings is 2. The lowest BCUT2D eigenvalue weighted by molar-refractivity contribution is -0.115. The van der Waals surface area contributed by atoms with Crippen LogP contribution in [0.1, 0.15) is 16.2 Å². The quantitative estimate of drug-likeness (QED) is 0.495. The van der Waals surface area contributed by atoms with Gasteiger partial charge in [0.15, 0.2) is 10.9 Å². The monoisotopic (exact) mass is 410 g/mol. The number of hydrogen-bond acceptors (Lipinski definition) is 6. The summed E-state index contributed by atoms with van der Waals surface area (Å²) < 4.78 is 1.86. The van der Waals surface area contributed by atoms with E-state index in [4.69, 9.17) is 0 Å². The van der Waals surface area contributed by atoms with Gasteiger partial charge in [-0.1, -0.05) is 54.2 Å². The van der Waals surface area contributed by atoms with Gasteiger partial charge in [-0.05, 0) is 12.1 Å². The summed E-state index contributed by atoms with van der Waals surface area (Å²) >= 11 is 2.89. The number of para-hydroxylation sites is 1. The van der Waals surface area contributed by atoms with Crippen molar-refractivity contribution in [3.8, 4) is 0 Å². The van der Waals surface area contributed by atoms with Crippen LogP contribution < -0.4 is 5.32 Å². The molecule has 1 atom stereocenters. The number of fused-ring (bicyclic) bond motifs is 1. The third kappa shape index (κ3) is 3.98. The van der Waals surface area contributed by atoms with Gasteiger partial charge in [0.25, 0.3) is 0 Å². The molecule has 142 valence electrons. The summed E-state index contributed by atoms with van der Waals surface area (Å²) in [6.07, 6.45) is 0.474. The largest absolute Gasteiger partial charge is 0.324 e. The van der Waals surface area contributed by atoms with Crippen molar-refractivity contribution in [1.29, 1.82) is 0 Å². The summed E-state index contributed by atoms with van der Waals surface area (Å²) in [6.45, 7) is 0. The summed E-state index contributed by atoms with van der Waals surface area (Å²) in [5, 5.41) is 11.8. The molecule has 6 nitrogen and oxygen atoms in total. The number of carbonyl (C=O) groups is 2. The van der Waals surface area contributed by atoms with Crippen LogP contribution in [0, 0.1) is 0 Å². The maximum atomic E-state index is 12.4. The molecule has 8 heteroatoms. The summed E-state index contributed by atoms with van der Waals surface area (Å²) in [5.74, 6) is 1.04. The van der Waals surface area contributed by atoms with E-state index in [1.807, 2.05) is 66.2 Å². The zero-order valence-corrected chi connectivity index (χ0v) is 16.8. The number of rotatable bonds is 6. The molecule has 0 aliphatic carbocycles. The van der Waals surface area contributed by atoms with Crippen LogP contribution in [0.4, 0.5) is 5.69 Å². The van der Waals surface area contributed by atoms with Crippen molar-refractivity contribution in [2.24, 2.45) is 7.05 Å². The van der Waals surface area contributed by atoms with Crippen molar-refractivity contribution in [2.45, 2.75) is 21.7 Å². The molecule has 0 fully saturated rings. The predicted molar refractivity (Wildman–Crippen MR) is 111 cm³/mol. The van der Waals surface area contributed by atoms with Crippen molar-refractivity contribution in [2.75, 3.05) is 11.1 Å². The number of ketones is 1. The molecule has 3 aromatic rings.